The van der Waals surface area contributed by atoms with E-state index >= 15 is 0 Å². The van der Waals surface area contributed by atoms with Gasteiger partial charge in [0.1, 0.15) is 12.4 Å². The molecule has 1 amide bonds. The summed E-state index contributed by atoms with van der Waals surface area (Å²) in [4.78, 5) is 39.3. The van der Waals surface area contributed by atoms with Crippen LogP contribution in [0.4, 0.5) is 0 Å². The van der Waals surface area contributed by atoms with Crippen LogP contribution in [0.5, 0.6) is 17.2 Å². The molecule has 1 unspecified atom stereocenters. The van der Waals surface area contributed by atoms with Crippen molar-refractivity contribution in [3.63, 3.8) is 0 Å². The topological polar surface area (TPSA) is 90.9 Å². The molecule has 0 bridgehead atoms. The summed E-state index contributed by atoms with van der Waals surface area (Å²) in [5, 5.41) is 2.34. The van der Waals surface area contributed by atoms with E-state index in [1.807, 2.05) is 91.0 Å². The van der Waals surface area contributed by atoms with Gasteiger partial charge < -0.3 is 19.5 Å². The first kappa shape index (κ1) is 33.5. The zero-order valence-electron chi connectivity index (χ0n) is 26.6. The number of amides is 1. The van der Waals surface area contributed by atoms with E-state index in [0.29, 0.717) is 43.1 Å². The first-order valence-electron chi connectivity index (χ1n) is 15.6. The highest BCUT2D eigenvalue weighted by atomic mass is 32.2. The van der Waals surface area contributed by atoms with E-state index in [4.69, 9.17) is 14.2 Å². The molecule has 242 valence electrons. The summed E-state index contributed by atoms with van der Waals surface area (Å²) < 4.78 is 16.7. The van der Waals surface area contributed by atoms with Crippen LogP contribution in [0.1, 0.15) is 44.3 Å². The fraction of sp³-hybridized carbons (Fsp3) is 0.256. The maximum absolute atomic E-state index is 13.9. The molecule has 1 saturated heterocycles. The number of hydrogen-bond acceptors (Lipinski definition) is 7. The zero-order valence-corrected chi connectivity index (χ0v) is 27.5. The van der Waals surface area contributed by atoms with E-state index in [1.165, 1.54) is 17.8 Å². The normalized spacial score (nSPS) is 17.1. The van der Waals surface area contributed by atoms with Gasteiger partial charge in [-0.3, -0.25) is 14.4 Å². The van der Waals surface area contributed by atoms with Gasteiger partial charge >= 0.3 is 0 Å². The van der Waals surface area contributed by atoms with Crippen molar-refractivity contribution < 1.29 is 28.6 Å². The van der Waals surface area contributed by atoms with E-state index in [2.05, 4.69) is 11.9 Å². The highest BCUT2D eigenvalue weighted by Crippen LogP contribution is 2.49. The van der Waals surface area contributed by atoms with E-state index in [0.717, 1.165) is 28.0 Å². The van der Waals surface area contributed by atoms with Crippen LogP contribution >= 0.6 is 11.8 Å². The summed E-state index contributed by atoms with van der Waals surface area (Å²) in [5.74, 6) is 1.37. The summed E-state index contributed by atoms with van der Waals surface area (Å²) in [5.41, 5.74) is 4.51. The van der Waals surface area contributed by atoms with Crippen molar-refractivity contribution >= 4 is 29.2 Å². The number of Topliss-reactive ketones (excluding diaryl/α,β-unsaturated/α-hetero) is 1. The van der Waals surface area contributed by atoms with Crippen molar-refractivity contribution in [2.75, 3.05) is 20.8 Å². The lowest BCUT2D eigenvalue weighted by molar-refractivity contribution is -0.126. The average Bonchev–Trinajstić information content (AvgIpc) is 3.41. The molecule has 1 fully saturated rings. The monoisotopic (exact) mass is 649 g/mol. The zero-order chi connectivity index (χ0) is 33.2. The molecular weight excluding hydrogens is 610 g/mol. The second-order valence-electron chi connectivity index (χ2n) is 11.4. The second kappa shape index (κ2) is 16.1. The molecule has 3 atom stereocenters. The molecule has 1 aliphatic rings. The van der Waals surface area contributed by atoms with Crippen molar-refractivity contribution in [2.24, 2.45) is 5.92 Å². The van der Waals surface area contributed by atoms with Crippen LogP contribution in [0.3, 0.4) is 0 Å². The quantitative estimate of drug-likeness (QED) is 0.110. The van der Waals surface area contributed by atoms with Gasteiger partial charge in [0.05, 0.1) is 19.5 Å². The highest BCUT2D eigenvalue weighted by Gasteiger charge is 2.44. The fourth-order valence-corrected chi connectivity index (χ4v) is 7.38. The lowest BCUT2D eigenvalue weighted by Crippen LogP contribution is -2.31. The second-order valence-corrected chi connectivity index (χ2v) is 12.7. The minimum absolute atomic E-state index is 0.0416. The summed E-state index contributed by atoms with van der Waals surface area (Å²) >= 11 is 1.53. The number of carbonyl (C=O) groups excluding carboxylic acids is 3. The van der Waals surface area contributed by atoms with Crippen LogP contribution < -0.4 is 19.5 Å². The van der Waals surface area contributed by atoms with Gasteiger partial charge in [-0.25, -0.2) is 0 Å². The number of nitrogens with one attached hydrogen (secondary N) is 1. The standard InChI is InChI=1S/C39H39NO6S/c1-4-33(41)30-12-8-11-28(21-30)22-32-38(43)36(24-37(42)40-20-19-26-13-18-34(44-2)35(23-26)45-3)47-39(32)29-14-16-31(17-15-29)46-25-27-9-6-5-7-10-27/h4-18,21,23,32,36,39H,1,19-20,22,24-25H2,2-3H3,(H,40,42)/t32?,36-,39+/m1/s1. The molecule has 47 heavy (non-hydrogen) atoms. The van der Waals surface area contributed by atoms with Crippen LogP contribution in [0.15, 0.2) is 110 Å². The lowest BCUT2D eigenvalue weighted by Gasteiger charge is -2.19. The van der Waals surface area contributed by atoms with E-state index in [9.17, 15) is 14.4 Å². The van der Waals surface area contributed by atoms with Crippen LogP contribution in [-0.4, -0.2) is 43.5 Å². The van der Waals surface area contributed by atoms with Gasteiger partial charge in [0.15, 0.2) is 23.1 Å². The van der Waals surface area contributed by atoms with Gasteiger partial charge in [-0.15, -0.1) is 11.8 Å². The Morgan fingerprint density at radius 3 is 2.32 bits per heavy atom. The third-order valence-corrected chi connectivity index (χ3v) is 9.84. The van der Waals surface area contributed by atoms with Gasteiger partial charge in [0.25, 0.3) is 0 Å². The summed E-state index contributed by atoms with van der Waals surface area (Å²) in [6, 6.07) is 30.8. The van der Waals surface area contributed by atoms with Gasteiger partial charge in [0, 0.05) is 29.7 Å². The van der Waals surface area contributed by atoms with Crippen molar-refractivity contribution in [1.82, 2.24) is 5.32 Å². The number of methoxy groups -OCH3 is 2. The number of allylic oxidation sites excluding steroid dienone is 1. The Balaban J connectivity index is 1.27. The Hall–Kier alpha value is -4.82. The summed E-state index contributed by atoms with van der Waals surface area (Å²) in [7, 11) is 3.18. The fourth-order valence-electron chi connectivity index (χ4n) is 5.73. The van der Waals surface area contributed by atoms with Crippen LogP contribution in [-0.2, 0) is 29.0 Å². The largest absolute Gasteiger partial charge is 0.493 e. The number of ketones is 2. The smallest absolute Gasteiger partial charge is 0.221 e. The highest BCUT2D eigenvalue weighted by molar-refractivity contribution is 8.01. The summed E-state index contributed by atoms with van der Waals surface area (Å²) in [6.45, 7) is 4.49. The molecule has 0 spiro atoms. The average molecular weight is 650 g/mol. The minimum atomic E-state index is -0.488. The molecular formula is C39H39NO6S. The Morgan fingerprint density at radius 1 is 0.851 bits per heavy atom. The molecule has 0 saturated carbocycles. The third-order valence-electron chi connectivity index (χ3n) is 8.22. The van der Waals surface area contributed by atoms with E-state index < -0.39 is 5.25 Å². The Morgan fingerprint density at radius 2 is 1.60 bits per heavy atom. The number of hydrogen-bond donors (Lipinski definition) is 1. The predicted octanol–water partition coefficient (Wildman–Crippen LogP) is 6.99. The summed E-state index contributed by atoms with van der Waals surface area (Å²) in [6.07, 6.45) is 2.45. The number of rotatable bonds is 15. The van der Waals surface area contributed by atoms with Crippen molar-refractivity contribution in [3.8, 4) is 17.2 Å². The van der Waals surface area contributed by atoms with Crippen molar-refractivity contribution in [2.45, 2.75) is 36.4 Å². The molecule has 4 aromatic carbocycles. The first-order chi connectivity index (χ1) is 22.9. The number of ether oxygens (including phenoxy) is 3. The lowest BCUT2D eigenvalue weighted by atomic mass is 9.86. The van der Waals surface area contributed by atoms with E-state index in [1.54, 1.807) is 20.3 Å². The molecule has 0 aromatic heterocycles. The maximum atomic E-state index is 13.9. The van der Waals surface area contributed by atoms with Crippen LogP contribution in [0.25, 0.3) is 0 Å². The van der Waals surface area contributed by atoms with Crippen LogP contribution in [0.2, 0.25) is 0 Å². The number of benzene rings is 4. The van der Waals surface area contributed by atoms with Gasteiger partial charge in [-0.05, 0) is 71.5 Å². The molecule has 1 heterocycles. The molecule has 1 aliphatic heterocycles. The van der Waals surface area contributed by atoms with Gasteiger partial charge in [0.2, 0.25) is 5.91 Å². The Kier molecular flexibility index (Phi) is 11.5. The third kappa shape index (κ3) is 8.71. The van der Waals surface area contributed by atoms with Crippen molar-refractivity contribution in [3.05, 3.63) is 138 Å². The SMILES string of the molecule is C=CC(=O)c1cccc(CC2C(=O)[C@@H](CC(=O)NCCc3ccc(OC)c(OC)c3)S[C@H]2c2ccc(OCc3ccccc3)cc2)c1. The predicted molar refractivity (Wildman–Crippen MR) is 185 cm³/mol. The van der Waals surface area contributed by atoms with E-state index in [-0.39, 0.29) is 35.1 Å². The van der Waals surface area contributed by atoms with Crippen LogP contribution in [0, 0.1) is 5.92 Å². The van der Waals surface area contributed by atoms with Gasteiger partial charge in [-0.2, -0.15) is 0 Å². The Labute approximate surface area is 280 Å². The first-order valence-corrected chi connectivity index (χ1v) is 16.5. The number of carbonyl (C=O) groups is 3. The molecule has 0 aliphatic carbocycles. The molecule has 0 radical (unpaired) electrons. The molecule has 4 aromatic rings. The minimum Gasteiger partial charge on any atom is -0.493 e. The number of thioether (sulfide) groups is 1. The Bertz CT molecular complexity index is 1700. The van der Waals surface area contributed by atoms with Gasteiger partial charge in [-0.1, -0.05) is 73.3 Å². The molecule has 7 nitrogen and oxygen atoms in total. The maximum Gasteiger partial charge on any atom is 0.221 e. The van der Waals surface area contributed by atoms with Crippen molar-refractivity contribution in [1.29, 1.82) is 0 Å². The molecule has 8 heteroatoms. The molecule has 1 N–H and O–H groups in total. The molecule has 5 rings (SSSR count).